The van der Waals surface area contributed by atoms with Crippen molar-refractivity contribution >= 4 is 50.7 Å². The van der Waals surface area contributed by atoms with Gasteiger partial charge in [-0.05, 0) is 75.2 Å². The normalized spacial score (nSPS) is 12.5. The SMILES string of the molecule is CCC(C(=O)NC(C)(C)C)N(Cc1ccccc1Cl)C(=O)CN(c1ccc(Cl)cc1)S(=O)(=O)c1ccccc1. The molecule has 7 nitrogen and oxygen atoms in total. The third kappa shape index (κ3) is 7.97. The fraction of sp³-hybridized carbons (Fsp3) is 0.310. The molecule has 1 atom stereocenters. The van der Waals surface area contributed by atoms with E-state index in [1.807, 2.05) is 20.8 Å². The summed E-state index contributed by atoms with van der Waals surface area (Å²) in [6, 6.07) is 20.2. The van der Waals surface area contributed by atoms with Gasteiger partial charge in [0.1, 0.15) is 12.6 Å². The van der Waals surface area contributed by atoms with Crippen LogP contribution < -0.4 is 9.62 Å². The van der Waals surface area contributed by atoms with Gasteiger partial charge in [-0.15, -0.1) is 0 Å². The van der Waals surface area contributed by atoms with Crippen molar-refractivity contribution in [3.8, 4) is 0 Å². The first-order chi connectivity index (χ1) is 18.3. The van der Waals surface area contributed by atoms with Crippen LogP contribution in [0.1, 0.15) is 39.7 Å². The molecule has 2 amide bonds. The lowest BCUT2D eigenvalue weighted by atomic mass is 10.1. The largest absolute Gasteiger partial charge is 0.350 e. The highest BCUT2D eigenvalue weighted by molar-refractivity contribution is 7.92. The third-order valence-electron chi connectivity index (χ3n) is 5.91. The number of rotatable bonds is 10. The number of halogens is 2. The molecule has 1 unspecified atom stereocenters. The summed E-state index contributed by atoms with van der Waals surface area (Å²) in [5, 5.41) is 3.80. The number of carbonyl (C=O) groups excluding carboxylic acids is 2. The fourth-order valence-corrected chi connectivity index (χ4v) is 5.80. The minimum absolute atomic E-state index is 0.0222. The van der Waals surface area contributed by atoms with Crippen LogP contribution in [0.4, 0.5) is 5.69 Å². The monoisotopic (exact) mass is 589 g/mol. The van der Waals surface area contributed by atoms with Crippen LogP contribution >= 0.6 is 23.2 Å². The summed E-state index contributed by atoms with van der Waals surface area (Å²) in [4.78, 5) is 28.8. The summed E-state index contributed by atoms with van der Waals surface area (Å²) in [6.45, 7) is 6.85. The van der Waals surface area contributed by atoms with Gasteiger partial charge in [-0.2, -0.15) is 0 Å². The van der Waals surface area contributed by atoms with Gasteiger partial charge < -0.3 is 10.2 Å². The molecule has 3 rings (SSSR count). The molecule has 0 aliphatic rings. The predicted octanol–water partition coefficient (Wildman–Crippen LogP) is 5.91. The maximum atomic E-state index is 14.0. The van der Waals surface area contributed by atoms with Crippen molar-refractivity contribution in [2.45, 2.75) is 57.1 Å². The Morgan fingerprint density at radius 3 is 2.05 bits per heavy atom. The van der Waals surface area contributed by atoms with Crippen LogP contribution in [0, 0.1) is 0 Å². The molecular formula is C29H33Cl2N3O4S. The van der Waals surface area contributed by atoms with Crippen LogP contribution in [0.2, 0.25) is 10.0 Å². The molecule has 1 N–H and O–H groups in total. The summed E-state index contributed by atoms with van der Waals surface area (Å²) in [6.07, 6.45) is 0.310. The molecule has 0 aliphatic heterocycles. The highest BCUT2D eigenvalue weighted by Crippen LogP contribution is 2.27. The molecule has 3 aromatic carbocycles. The highest BCUT2D eigenvalue weighted by Gasteiger charge is 2.34. The minimum atomic E-state index is -4.14. The van der Waals surface area contributed by atoms with Gasteiger partial charge in [-0.1, -0.05) is 66.5 Å². The zero-order chi connectivity index (χ0) is 28.8. The van der Waals surface area contributed by atoms with E-state index in [0.29, 0.717) is 22.0 Å². The van der Waals surface area contributed by atoms with Gasteiger partial charge in [0.15, 0.2) is 0 Å². The van der Waals surface area contributed by atoms with Gasteiger partial charge >= 0.3 is 0 Å². The number of anilines is 1. The molecule has 0 fully saturated rings. The Balaban J connectivity index is 2.07. The van der Waals surface area contributed by atoms with Gasteiger partial charge in [0, 0.05) is 22.1 Å². The quantitative estimate of drug-likeness (QED) is 0.318. The van der Waals surface area contributed by atoms with Gasteiger partial charge in [0.05, 0.1) is 10.6 Å². The summed E-state index contributed by atoms with van der Waals surface area (Å²) in [5.74, 6) is -0.894. The molecule has 10 heteroatoms. The van der Waals surface area contributed by atoms with Crippen LogP contribution in [0.5, 0.6) is 0 Å². The molecule has 39 heavy (non-hydrogen) atoms. The smallest absolute Gasteiger partial charge is 0.264 e. The Morgan fingerprint density at radius 1 is 0.897 bits per heavy atom. The summed E-state index contributed by atoms with van der Waals surface area (Å²) >= 11 is 12.5. The Morgan fingerprint density at radius 2 is 1.49 bits per heavy atom. The first kappa shape index (κ1) is 30.5. The molecule has 0 heterocycles. The van der Waals surface area contributed by atoms with E-state index < -0.39 is 34.1 Å². The lowest BCUT2D eigenvalue weighted by Crippen LogP contribution is -2.55. The Hall–Kier alpha value is -3.07. The highest BCUT2D eigenvalue weighted by atomic mass is 35.5. The number of nitrogens with one attached hydrogen (secondary N) is 1. The molecule has 0 saturated carbocycles. The van der Waals surface area contributed by atoms with E-state index in [2.05, 4.69) is 5.32 Å². The Kier molecular flexibility index (Phi) is 10.0. The van der Waals surface area contributed by atoms with Crippen LogP contribution in [-0.2, 0) is 26.2 Å². The van der Waals surface area contributed by atoms with Crippen molar-refractivity contribution in [1.29, 1.82) is 0 Å². The zero-order valence-corrected chi connectivity index (χ0v) is 24.7. The first-order valence-electron chi connectivity index (χ1n) is 12.5. The molecule has 208 valence electrons. The van der Waals surface area contributed by atoms with Gasteiger partial charge in [-0.3, -0.25) is 13.9 Å². The second kappa shape index (κ2) is 12.9. The second-order valence-corrected chi connectivity index (χ2v) is 12.8. The fourth-order valence-electron chi connectivity index (χ4n) is 4.04. The topological polar surface area (TPSA) is 86.8 Å². The molecule has 0 aromatic heterocycles. The molecule has 3 aromatic rings. The van der Waals surface area contributed by atoms with E-state index in [1.54, 1.807) is 61.5 Å². The van der Waals surface area contributed by atoms with Gasteiger partial charge in [0.2, 0.25) is 11.8 Å². The first-order valence-corrected chi connectivity index (χ1v) is 14.7. The lowest BCUT2D eigenvalue weighted by Gasteiger charge is -2.35. The molecule has 0 aliphatic carbocycles. The minimum Gasteiger partial charge on any atom is -0.350 e. The van der Waals surface area contributed by atoms with Crippen molar-refractivity contribution in [3.05, 3.63) is 94.5 Å². The van der Waals surface area contributed by atoms with Crippen LogP contribution in [-0.4, -0.2) is 43.3 Å². The van der Waals surface area contributed by atoms with Crippen molar-refractivity contribution in [2.75, 3.05) is 10.8 Å². The Bertz CT molecular complexity index is 1390. The summed E-state index contributed by atoms with van der Waals surface area (Å²) in [5.41, 5.74) is 0.371. The number of carbonyl (C=O) groups is 2. The number of nitrogens with zero attached hydrogens (tertiary/aromatic N) is 2. The van der Waals surface area contributed by atoms with Gasteiger partial charge in [-0.25, -0.2) is 8.42 Å². The number of hydrogen-bond acceptors (Lipinski definition) is 4. The molecule has 0 spiro atoms. The number of sulfonamides is 1. The lowest BCUT2D eigenvalue weighted by molar-refractivity contribution is -0.141. The van der Waals surface area contributed by atoms with E-state index >= 15 is 0 Å². The zero-order valence-electron chi connectivity index (χ0n) is 22.4. The third-order valence-corrected chi connectivity index (χ3v) is 8.32. The summed E-state index contributed by atoms with van der Waals surface area (Å²) in [7, 11) is -4.14. The van der Waals surface area contributed by atoms with Crippen molar-refractivity contribution in [1.82, 2.24) is 10.2 Å². The van der Waals surface area contributed by atoms with Crippen LogP contribution in [0.15, 0.2) is 83.8 Å². The average molecular weight is 591 g/mol. The maximum Gasteiger partial charge on any atom is 0.264 e. The van der Waals surface area contributed by atoms with Crippen molar-refractivity contribution in [3.63, 3.8) is 0 Å². The molecule has 0 radical (unpaired) electrons. The Labute approximate surface area is 240 Å². The van der Waals surface area contributed by atoms with E-state index in [9.17, 15) is 18.0 Å². The molecular weight excluding hydrogens is 557 g/mol. The van der Waals surface area contributed by atoms with E-state index in [1.165, 1.54) is 29.2 Å². The number of hydrogen-bond donors (Lipinski definition) is 1. The second-order valence-electron chi connectivity index (χ2n) is 10.1. The standard InChI is InChI=1S/C29H33Cl2N3O4S/c1-5-26(28(36)32-29(2,3)4)33(19-21-11-9-10-14-25(21)31)27(35)20-34(23-17-15-22(30)16-18-23)39(37,38)24-12-7-6-8-13-24/h6-18,26H,5,19-20H2,1-4H3,(H,32,36). The summed E-state index contributed by atoms with van der Waals surface area (Å²) < 4.78 is 28.6. The maximum absolute atomic E-state index is 14.0. The van der Waals surface area contributed by atoms with E-state index in [0.717, 1.165) is 4.31 Å². The predicted molar refractivity (Wildman–Crippen MR) is 156 cm³/mol. The molecule has 0 saturated heterocycles. The van der Waals surface area contributed by atoms with Crippen molar-refractivity contribution in [2.24, 2.45) is 0 Å². The molecule has 0 bridgehead atoms. The van der Waals surface area contributed by atoms with E-state index in [-0.39, 0.29) is 23.0 Å². The average Bonchev–Trinajstić information content (AvgIpc) is 2.88. The number of amides is 2. The van der Waals surface area contributed by atoms with Crippen molar-refractivity contribution < 1.29 is 18.0 Å². The number of benzene rings is 3. The van der Waals surface area contributed by atoms with Crippen LogP contribution in [0.3, 0.4) is 0 Å². The van der Waals surface area contributed by atoms with Gasteiger partial charge in [0.25, 0.3) is 10.0 Å². The van der Waals surface area contributed by atoms with E-state index in [4.69, 9.17) is 23.2 Å². The van der Waals surface area contributed by atoms with Crippen LogP contribution in [0.25, 0.3) is 0 Å².